The topological polar surface area (TPSA) is 24.9 Å². The van der Waals surface area contributed by atoms with Crippen LogP contribution in [0.4, 0.5) is 19.0 Å². The standard InChI is InChI=1S/C8H8BrF3N2/c1-5-2-6(9)7(13-3-5)14-4-8(10,11)12/h2-3H,4H2,1H3,(H,13,14). The van der Waals surface area contributed by atoms with Crippen molar-refractivity contribution in [3.63, 3.8) is 0 Å². The van der Waals surface area contributed by atoms with Gasteiger partial charge in [0.2, 0.25) is 0 Å². The van der Waals surface area contributed by atoms with Crippen LogP contribution < -0.4 is 5.32 Å². The zero-order valence-corrected chi connectivity index (χ0v) is 8.91. The summed E-state index contributed by atoms with van der Waals surface area (Å²) in [5.41, 5.74) is 0.884. The summed E-state index contributed by atoms with van der Waals surface area (Å²) < 4.78 is 36.1. The van der Waals surface area contributed by atoms with Gasteiger partial charge in [0.15, 0.2) is 0 Å². The summed E-state index contributed by atoms with van der Waals surface area (Å²) in [6, 6.07) is 1.70. The Kier molecular flexibility index (Phi) is 3.36. The number of hydrogen-bond donors (Lipinski definition) is 1. The van der Waals surface area contributed by atoms with Crippen LogP contribution in [0, 0.1) is 6.92 Å². The summed E-state index contributed by atoms with van der Waals surface area (Å²) >= 11 is 3.12. The summed E-state index contributed by atoms with van der Waals surface area (Å²) in [7, 11) is 0. The predicted molar refractivity (Wildman–Crippen MR) is 51.2 cm³/mol. The Labute approximate surface area is 87.7 Å². The quantitative estimate of drug-likeness (QED) is 0.892. The van der Waals surface area contributed by atoms with Crippen LogP contribution in [-0.2, 0) is 0 Å². The van der Waals surface area contributed by atoms with Crippen LogP contribution in [0.1, 0.15) is 5.56 Å². The van der Waals surface area contributed by atoms with E-state index in [2.05, 4.69) is 26.2 Å². The molecule has 0 atom stereocenters. The molecule has 0 saturated carbocycles. The first-order valence-electron chi connectivity index (χ1n) is 3.81. The molecule has 14 heavy (non-hydrogen) atoms. The van der Waals surface area contributed by atoms with Gasteiger partial charge in [-0.3, -0.25) is 0 Å². The Morgan fingerprint density at radius 3 is 2.64 bits per heavy atom. The molecule has 1 heterocycles. The summed E-state index contributed by atoms with van der Waals surface area (Å²) in [6.07, 6.45) is -2.73. The van der Waals surface area contributed by atoms with E-state index < -0.39 is 12.7 Å². The van der Waals surface area contributed by atoms with E-state index in [4.69, 9.17) is 0 Å². The minimum atomic E-state index is -4.23. The van der Waals surface area contributed by atoms with Gasteiger partial charge < -0.3 is 5.32 Å². The maximum atomic E-state index is 11.8. The maximum Gasteiger partial charge on any atom is 0.405 e. The largest absolute Gasteiger partial charge is 0.405 e. The minimum absolute atomic E-state index is 0.202. The normalized spacial score (nSPS) is 11.5. The molecular formula is C8H8BrF3N2. The van der Waals surface area contributed by atoms with Crippen LogP contribution >= 0.6 is 15.9 Å². The smallest absolute Gasteiger partial charge is 0.360 e. The second-order valence-electron chi connectivity index (χ2n) is 2.81. The van der Waals surface area contributed by atoms with E-state index in [1.165, 1.54) is 6.20 Å². The number of aromatic nitrogens is 1. The fourth-order valence-corrected chi connectivity index (χ4v) is 1.45. The number of hydrogen-bond acceptors (Lipinski definition) is 2. The molecule has 0 amide bonds. The fourth-order valence-electron chi connectivity index (χ4n) is 0.848. The number of aryl methyl sites for hydroxylation is 1. The second kappa shape index (κ2) is 4.16. The van der Waals surface area contributed by atoms with Crippen molar-refractivity contribution in [3.05, 3.63) is 22.3 Å². The van der Waals surface area contributed by atoms with E-state index in [0.29, 0.717) is 4.47 Å². The number of halogens is 4. The lowest BCUT2D eigenvalue weighted by Crippen LogP contribution is -2.21. The minimum Gasteiger partial charge on any atom is -0.360 e. The highest BCUT2D eigenvalue weighted by Gasteiger charge is 2.27. The second-order valence-corrected chi connectivity index (χ2v) is 3.67. The van der Waals surface area contributed by atoms with Crippen molar-refractivity contribution >= 4 is 21.7 Å². The average molecular weight is 269 g/mol. The highest BCUT2D eigenvalue weighted by Crippen LogP contribution is 2.22. The molecule has 0 aliphatic heterocycles. The van der Waals surface area contributed by atoms with E-state index in [-0.39, 0.29) is 5.82 Å². The third-order valence-electron chi connectivity index (χ3n) is 1.43. The molecule has 1 aromatic heterocycles. The number of nitrogens with zero attached hydrogens (tertiary/aromatic N) is 1. The summed E-state index contributed by atoms with van der Waals surface area (Å²) in [4.78, 5) is 3.82. The van der Waals surface area contributed by atoms with E-state index in [1.54, 1.807) is 6.07 Å². The Balaban J connectivity index is 2.68. The van der Waals surface area contributed by atoms with Crippen LogP contribution in [0.25, 0.3) is 0 Å². The van der Waals surface area contributed by atoms with Gasteiger partial charge in [0.05, 0.1) is 4.47 Å². The van der Waals surface area contributed by atoms with Crippen LogP contribution in [-0.4, -0.2) is 17.7 Å². The SMILES string of the molecule is Cc1cnc(NCC(F)(F)F)c(Br)c1. The average Bonchev–Trinajstić information content (AvgIpc) is 2.00. The van der Waals surface area contributed by atoms with Crippen molar-refractivity contribution in [2.45, 2.75) is 13.1 Å². The van der Waals surface area contributed by atoms with E-state index >= 15 is 0 Å². The van der Waals surface area contributed by atoms with Gasteiger partial charge in [-0.15, -0.1) is 0 Å². The number of alkyl halides is 3. The van der Waals surface area contributed by atoms with Crippen molar-refractivity contribution in [2.75, 3.05) is 11.9 Å². The highest BCUT2D eigenvalue weighted by atomic mass is 79.9. The molecule has 0 unspecified atom stereocenters. The molecular weight excluding hydrogens is 261 g/mol. The summed E-state index contributed by atoms with van der Waals surface area (Å²) in [5, 5.41) is 2.20. The number of pyridine rings is 1. The molecule has 0 aromatic carbocycles. The lowest BCUT2D eigenvalue weighted by atomic mass is 10.3. The van der Waals surface area contributed by atoms with Crippen molar-refractivity contribution in [3.8, 4) is 0 Å². The maximum absolute atomic E-state index is 11.8. The van der Waals surface area contributed by atoms with Gasteiger partial charge in [0.1, 0.15) is 12.4 Å². The van der Waals surface area contributed by atoms with E-state index in [1.807, 2.05) is 6.92 Å². The van der Waals surface area contributed by atoms with Crippen molar-refractivity contribution in [1.29, 1.82) is 0 Å². The highest BCUT2D eigenvalue weighted by molar-refractivity contribution is 9.10. The number of nitrogens with one attached hydrogen (secondary N) is 1. The zero-order chi connectivity index (χ0) is 10.8. The molecule has 6 heteroatoms. The predicted octanol–water partition coefficient (Wildman–Crippen LogP) is 3.13. The summed E-state index contributed by atoms with van der Waals surface area (Å²) in [6.45, 7) is 0.729. The van der Waals surface area contributed by atoms with Gasteiger partial charge in [0, 0.05) is 6.20 Å². The van der Waals surface area contributed by atoms with Gasteiger partial charge in [-0.05, 0) is 34.5 Å². The molecule has 1 N–H and O–H groups in total. The van der Waals surface area contributed by atoms with Gasteiger partial charge in [-0.25, -0.2) is 4.98 Å². The Bertz CT molecular complexity index is 325. The Morgan fingerprint density at radius 1 is 1.50 bits per heavy atom. The Morgan fingerprint density at radius 2 is 2.14 bits per heavy atom. The van der Waals surface area contributed by atoms with Gasteiger partial charge in [-0.2, -0.15) is 13.2 Å². The van der Waals surface area contributed by atoms with Gasteiger partial charge >= 0.3 is 6.18 Å². The lowest BCUT2D eigenvalue weighted by molar-refractivity contribution is -0.115. The van der Waals surface area contributed by atoms with Crippen molar-refractivity contribution < 1.29 is 13.2 Å². The monoisotopic (exact) mass is 268 g/mol. The molecule has 1 aromatic rings. The van der Waals surface area contributed by atoms with Crippen LogP contribution in [0.3, 0.4) is 0 Å². The number of anilines is 1. The van der Waals surface area contributed by atoms with E-state index in [9.17, 15) is 13.2 Å². The fraction of sp³-hybridized carbons (Fsp3) is 0.375. The molecule has 78 valence electrons. The lowest BCUT2D eigenvalue weighted by Gasteiger charge is -2.10. The molecule has 2 nitrogen and oxygen atoms in total. The third-order valence-corrected chi connectivity index (χ3v) is 2.04. The van der Waals surface area contributed by atoms with Gasteiger partial charge in [0.25, 0.3) is 0 Å². The van der Waals surface area contributed by atoms with Crippen molar-refractivity contribution in [2.24, 2.45) is 0 Å². The molecule has 0 radical (unpaired) electrons. The molecule has 0 bridgehead atoms. The van der Waals surface area contributed by atoms with Crippen LogP contribution in [0.2, 0.25) is 0 Å². The van der Waals surface area contributed by atoms with Crippen LogP contribution in [0.15, 0.2) is 16.7 Å². The first-order chi connectivity index (χ1) is 6.38. The first-order valence-corrected chi connectivity index (χ1v) is 4.60. The zero-order valence-electron chi connectivity index (χ0n) is 7.32. The Hall–Kier alpha value is -0.780. The van der Waals surface area contributed by atoms with E-state index in [0.717, 1.165) is 5.56 Å². The molecule has 0 fully saturated rings. The molecule has 0 aliphatic carbocycles. The number of rotatable bonds is 2. The summed E-state index contributed by atoms with van der Waals surface area (Å²) in [5.74, 6) is 0.202. The first kappa shape index (κ1) is 11.3. The third kappa shape index (κ3) is 3.53. The molecule has 0 saturated heterocycles. The molecule has 0 aliphatic rings. The van der Waals surface area contributed by atoms with Gasteiger partial charge in [-0.1, -0.05) is 0 Å². The molecule has 1 rings (SSSR count). The van der Waals surface area contributed by atoms with Crippen molar-refractivity contribution in [1.82, 2.24) is 4.98 Å². The van der Waals surface area contributed by atoms with Crippen LogP contribution in [0.5, 0.6) is 0 Å². The molecule has 0 spiro atoms.